The molecule has 3 nitrogen and oxygen atoms in total. The number of nitrogens with one attached hydrogen (secondary N) is 1. The summed E-state index contributed by atoms with van der Waals surface area (Å²) in [6, 6.07) is 11.9. The fraction of sp³-hybridized carbons (Fsp3) is 0.312. The minimum atomic E-state index is 0.490. The molecule has 0 saturated carbocycles. The van der Waals surface area contributed by atoms with E-state index in [1.54, 1.807) is 6.20 Å². The number of hydrogen-bond acceptors (Lipinski definition) is 3. The number of pyridine rings is 1. The first-order valence-corrected chi connectivity index (χ1v) is 7.60. The molecule has 0 aliphatic heterocycles. The molecule has 0 bridgehead atoms. The Labute approximate surface area is 128 Å². The predicted molar refractivity (Wildman–Crippen MR) is 84.7 cm³/mol. The molecular formula is C16H19BrN2O. The minimum Gasteiger partial charge on any atom is -0.487 e. The fourth-order valence-electron chi connectivity index (χ4n) is 1.82. The van der Waals surface area contributed by atoms with Gasteiger partial charge in [-0.1, -0.05) is 28.9 Å². The Bertz CT molecular complexity index is 531. The van der Waals surface area contributed by atoms with Gasteiger partial charge in [-0.05, 0) is 48.9 Å². The van der Waals surface area contributed by atoms with Crippen molar-refractivity contribution in [3.05, 3.63) is 58.3 Å². The van der Waals surface area contributed by atoms with Crippen molar-refractivity contribution >= 4 is 15.9 Å². The molecule has 0 fully saturated rings. The molecule has 1 N–H and O–H groups in total. The second-order valence-electron chi connectivity index (χ2n) is 4.54. The molecule has 0 unspecified atom stereocenters. The van der Waals surface area contributed by atoms with Crippen molar-refractivity contribution in [2.75, 3.05) is 6.54 Å². The number of benzene rings is 1. The highest BCUT2D eigenvalue weighted by atomic mass is 79.9. The van der Waals surface area contributed by atoms with Crippen LogP contribution in [0.5, 0.6) is 5.75 Å². The van der Waals surface area contributed by atoms with Crippen molar-refractivity contribution < 1.29 is 4.74 Å². The van der Waals surface area contributed by atoms with Crippen LogP contribution in [0.15, 0.2) is 47.1 Å². The minimum absolute atomic E-state index is 0.490. The maximum atomic E-state index is 5.78. The molecule has 2 rings (SSSR count). The highest BCUT2D eigenvalue weighted by molar-refractivity contribution is 9.10. The number of halogens is 1. The highest BCUT2D eigenvalue weighted by Gasteiger charge is 2.03. The van der Waals surface area contributed by atoms with E-state index in [1.165, 1.54) is 5.56 Å². The quantitative estimate of drug-likeness (QED) is 0.779. The number of nitrogens with zero attached hydrogens (tertiary/aromatic N) is 1. The van der Waals surface area contributed by atoms with Gasteiger partial charge in [0.15, 0.2) is 0 Å². The van der Waals surface area contributed by atoms with Crippen LogP contribution in [0.2, 0.25) is 0 Å². The molecule has 0 spiro atoms. The summed E-state index contributed by atoms with van der Waals surface area (Å²) in [4.78, 5) is 4.25. The topological polar surface area (TPSA) is 34.1 Å². The SMILES string of the molecule is CCCNCc1cc(OCc2ccccn2)ccc1Br. The Morgan fingerprint density at radius 3 is 2.90 bits per heavy atom. The third-order valence-corrected chi connectivity index (χ3v) is 3.65. The molecule has 0 aliphatic carbocycles. The molecular weight excluding hydrogens is 316 g/mol. The lowest BCUT2D eigenvalue weighted by atomic mass is 10.2. The van der Waals surface area contributed by atoms with Crippen LogP contribution in [-0.4, -0.2) is 11.5 Å². The smallest absolute Gasteiger partial charge is 0.130 e. The van der Waals surface area contributed by atoms with E-state index in [9.17, 15) is 0 Å². The molecule has 2 aromatic rings. The van der Waals surface area contributed by atoms with Crippen LogP contribution in [0.25, 0.3) is 0 Å². The van der Waals surface area contributed by atoms with E-state index in [2.05, 4.69) is 39.2 Å². The monoisotopic (exact) mass is 334 g/mol. The summed E-state index contributed by atoms with van der Waals surface area (Å²) in [5, 5.41) is 3.40. The van der Waals surface area contributed by atoms with E-state index in [0.29, 0.717) is 6.61 Å². The summed E-state index contributed by atoms with van der Waals surface area (Å²) in [7, 11) is 0. The van der Waals surface area contributed by atoms with Crippen molar-refractivity contribution in [1.82, 2.24) is 10.3 Å². The first-order valence-electron chi connectivity index (χ1n) is 6.81. The number of hydrogen-bond donors (Lipinski definition) is 1. The first kappa shape index (κ1) is 15.0. The van der Waals surface area contributed by atoms with Crippen LogP contribution in [0.1, 0.15) is 24.6 Å². The molecule has 0 radical (unpaired) electrons. The summed E-state index contributed by atoms with van der Waals surface area (Å²) in [6.45, 7) is 4.51. The maximum absolute atomic E-state index is 5.78. The van der Waals surface area contributed by atoms with Crippen molar-refractivity contribution in [3.8, 4) is 5.75 Å². The van der Waals surface area contributed by atoms with E-state index >= 15 is 0 Å². The number of rotatable bonds is 7. The third-order valence-electron chi connectivity index (χ3n) is 2.87. The molecule has 0 amide bonds. The molecule has 0 saturated heterocycles. The molecule has 0 atom stereocenters. The van der Waals surface area contributed by atoms with Gasteiger partial charge in [-0.25, -0.2) is 0 Å². The van der Waals surface area contributed by atoms with E-state index in [1.807, 2.05) is 30.3 Å². The fourth-order valence-corrected chi connectivity index (χ4v) is 2.20. The lowest BCUT2D eigenvalue weighted by molar-refractivity contribution is 0.301. The van der Waals surface area contributed by atoms with Crippen LogP contribution >= 0.6 is 15.9 Å². The van der Waals surface area contributed by atoms with Crippen LogP contribution in [0, 0.1) is 0 Å². The Balaban J connectivity index is 1.96. The van der Waals surface area contributed by atoms with Gasteiger partial charge in [0.05, 0.1) is 5.69 Å². The molecule has 4 heteroatoms. The lowest BCUT2D eigenvalue weighted by Crippen LogP contribution is -2.14. The van der Waals surface area contributed by atoms with Gasteiger partial charge in [0, 0.05) is 17.2 Å². The zero-order chi connectivity index (χ0) is 14.2. The van der Waals surface area contributed by atoms with Gasteiger partial charge in [-0.15, -0.1) is 0 Å². The van der Waals surface area contributed by atoms with Gasteiger partial charge in [-0.2, -0.15) is 0 Å². The molecule has 106 valence electrons. The van der Waals surface area contributed by atoms with E-state index in [0.717, 1.165) is 35.4 Å². The van der Waals surface area contributed by atoms with Crippen LogP contribution in [0.3, 0.4) is 0 Å². The standard InChI is InChI=1S/C16H19BrN2O/c1-2-8-18-11-13-10-15(6-7-16(13)17)20-12-14-5-3-4-9-19-14/h3-7,9-10,18H,2,8,11-12H2,1H3. The van der Waals surface area contributed by atoms with Crippen LogP contribution < -0.4 is 10.1 Å². The van der Waals surface area contributed by atoms with Gasteiger partial charge < -0.3 is 10.1 Å². The van der Waals surface area contributed by atoms with E-state index < -0.39 is 0 Å². The average molecular weight is 335 g/mol. The van der Waals surface area contributed by atoms with Gasteiger partial charge in [0.1, 0.15) is 12.4 Å². The third kappa shape index (κ3) is 4.62. The Morgan fingerprint density at radius 1 is 1.25 bits per heavy atom. The van der Waals surface area contributed by atoms with Gasteiger partial charge in [0.25, 0.3) is 0 Å². The largest absolute Gasteiger partial charge is 0.487 e. The highest BCUT2D eigenvalue weighted by Crippen LogP contribution is 2.23. The van der Waals surface area contributed by atoms with Crippen molar-refractivity contribution in [2.24, 2.45) is 0 Å². The van der Waals surface area contributed by atoms with Crippen molar-refractivity contribution in [3.63, 3.8) is 0 Å². The Morgan fingerprint density at radius 2 is 2.15 bits per heavy atom. The zero-order valence-electron chi connectivity index (χ0n) is 11.6. The first-order chi connectivity index (χ1) is 9.79. The van der Waals surface area contributed by atoms with Gasteiger partial charge in [0.2, 0.25) is 0 Å². The molecule has 1 aromatic heterocycles. The summed E-state index contributed by atoms with van der Waals surface area (Å²) in [5.41, 5.74) is 2.14. The summed E-state index contributed by atoms with van der Waals surface area (Å²) in [5.74, 6) is 0.868. The molecule has 1 aromatic carbocycles. The second kappa shape index (κ2) is 8.02. The predicted octanol–water partition coefficient (Wildman–Crippen LogP) is 3.92. The summed E-state index contributed by atoms with van der Waals surface area (Å²) < 4.78 is 6.89. The molecule has 20 heavy (non-hydrogen) atoms. The second-order valence-corrected chi connectivity index (χ2v) is 5.39. The van der Waals surface area contributed by atoms with Crippen LogP contribution in [0.4, 0.5) is 0 Å². The normalized spacial score (nSPS) is 10.5. The van der Waals surface area contributed by atoms with Gasteiger partial charge >= 0.3 is 0 Å². The number of aromatic nitrogens is 1. The molecule has 0 aliphatic rings. The van der Waals surface area contributed by atoms with E-state index in [4.69, 9.17) is 4.74 Å². The van der Waals surface area contributed by atoms with Gasteiger partial charge in [-0.3, -0.25) is 4.98 Å². The summed E-state index contributed by atoms with van der Waals surface area (Å²) >= 11 is 3.57. The Hall–Kier alpha value is -1.39. The van der Waals surface area contributed by atoms with E-state index in [-0.39, 0.29) is 0 Å². The molecule has 1 heterocycles. The van der Waals surface area contributed by atoms with Crippen molar-refractivity contribution in [2.45, 2.75) is 26.5 Å². The summed E-state index contributed by atoms with van der Waals surface area (Å²) in [6.07, 6.45) is 2.91. The maximum Gasteiger partial charge on any atom is 0.130 e. The average Bonchev–Trinajstić information content (AvgIpc) is 2.49. The Kier molecular flexibility index (Phi) is 6.02. The zero-order valence-corrected chi connectivity index (χ0v) is 13.2. The van der Waals surface area contributed by atoms with Crippen LogP contribution in [-0.2, 0) is 13.2 Å². The van der Waals surface area contributed by atoms with Crippen molar-refractivity contribution in [1.29, 1.82) is 0 Å². The lowest BCUT2D eigenvalue weighted by Gasteiger charge is -2.10. The number of ether oxygens (including phenoxy) is 1.